The number of rotatable bonds is 7. The van der Waals surface area contributed by atoms with E-state index < -0.39 is 17.8 Å². The molecule has 3 aromatic carbocycles. The number of aromatic nitrogens is 2. The van der Waals surface area contributed by atoms with Crippen molar-refractivity contribution >= 4 is 5.91 Å². The molecule has 0 radical (unpaired) electrons. The largest absolute Gasteiger partial charge is 0.416 e. The zero-order valence-corrected chi connectivity index (χ0v) is 21.3. The van der Waals surface area contributed by atoms with E-state index >= 15 is 0 Å². The number of benzene rings is 3. The van der Waals surface area contributed by atoms with E-state index in [4.69, 9.17) is 9.26 Å². The van der Waals surface area contributed by atoms with Crippen LogP contribution in [-0.2, 0) is 22.3 Å². The van der Waals surface area contributed by atoms with E-state index in [1.165, 1.54) is 12.1 Å². The van der Waals surface area contributed by atoms with Gasteiger partial charge in [0.15, 0.2) is 6.10 Å². The standard InChI is InChI=1S/C29H27F3N4O3/c1-38-25(21-8-3-2-4-9-21)28(37)36-15-13-35(14-16-36)19-20-7-5-10-22(17-20)26-33-27(39-34-26)23-11-6-12-24(18-23)29(30,31)32/h2-12,17-18,25H,13-16,19H2,1H3/t25-/m1/s1. The first-order chi connectivity index (χ1) is 18.8. The van der Waals surface area contributed by atoms with E-state index in [2.05, 4.69) is 15.0 Å². The number of methoxy groups -OCH3 is 1. The zero-order valence-electron chi connectivity index (χ0n) is 21.3. The smallest absolute Gasteiger partial charge is 0.367 e. The van der Waals surface area contributed by atoms with Gasteiger partial charge in [0.2, 0.25) is 5.82 Å². The van der Waals surface area contributed by atoms with Crippen LogP contribution >= 0.6 is 0 Å². The molecule has 0 bridgehead atoms. The Morgan fingerprint density at radius 1 is 0.949 bits per heavy atom. The van der Waals surface area contributed by atoms with Crippen LogP contribution in [0.5, 0.6) is 0 Å². The first-order valence-corrected chi connectivity index (χ1v) is 12.5. The molecule has 1 aliphatic rings. The average molecular weight is 537 g/mol. The Morgan fingerprint density at radius 2 is 1.67 bits per heavy atom. The van der Waals surface area contributed by atoms with Crippen LogP contribution in [0.4, 0.5) is 13.2 Å². The monoisotopic (exact) mass is 536 g/mol. The first-order valence-electron chi connectivity index (χ1n) is 12.5. The van der Waals surface area contributed by atoms with Crippen LogP contribution in [0.1, 0.15) is 22.8 Å². The lowest BCUT2D eigenvalue weighted by Gasteiger charge is -2.36. The van der Waals surface area contributed by atoms with Crippen molar-refractivity contribution in [2.24, 2.45) is 0 Å². The molecule has 0 spiro atoms. The molecule has 0 saturated carbocycles. The van der Waals surface area contributed by atoms with E-state index in [0.717, 1.165) is 23.3 Å². The third-order valence-corrected chi connectivity index (χ3v) is 6.70. The maximum absolute atomic E-state index is 13.1. The summed E-state index contributed by atoms with van der Waals surface area (Å²) in [5, 5.41) is 3.98. The molecule has 4 aromatic rings. The number of halogens is 3. The normalized spacial score (nSPS) is 15.3. The fourth-order valence-corrected chi connectivity index (χ4v) is 4.65. The summed E-state index contributed by atoms with van der Waals surface area (Å²) in [5.41, 5.74) is 1.99. The molecule has 7 nitrogen and oxygen atoms in total. The van der Waals surface area contributed by atoms with Gasteiger partial charge in [-0.05, 0) is 35.4 Å². The van der Waals surface area contributed by atoms with Gasteiger partial charge in [0.1, 0.15) is 0 Å². The van der Waals surface area contributed by atoms with Gasteiger partial charge in [-0.3, -0.25) is 9.69 Å². The van der Waals surface area contributed by atoms with Crippen LogP contribution < -0.4 is 0 Å². The maximum atomic E-state index is 13.1. The second-order valence-corrected chi connectivity index (χ2v) is 9.33. The van der Waals surface area contributed by atoms with Gasteiger partial charge < -0.3 is 14.2 Å². The predicted molar refractivity (Wildman–Crippen MR) is 138 cm³/mol. The highest BCUT2D eigenvalue weighted by atomic mass is 19.4. The molecule has 0 aliphatic carbocycles. The number of amides is 1. The number of hydrogen-bond acceptors (Lipinski definition) is 6. The van der Waals surface area contributed by atoms with Gasteiger partial charge in [-0.2, -0.15) is 18.2 Å². The molecule has 5 rings (SSSR count). The molecule has 1 amide bonds. The Kier molecular flexibility index (Phi) is 7.76. The van der Waals surface area contributed by atoms with E-state index in [1.807, 2.05) is 59.5 Å². The van der Waals surface area contributed by atoms with Crippen molar-refractivity contribution in [2.45, 2.75) is 18.8 Å². The Morgan fingerprint density at radius 3 is 2.38 bits per heavy atom. The molecule has 1 aliphatic heterocycles. The van der Waals surface area contributed by atoms with Crippen LogP contribution in [0, 0.1) is 0 Å². The first kappa shape index (κ1) is 26.6. The van der Waals surface area contributed by atoms with Gasteiger partial charge in [-0.15, -0.1) is 0 Å². The van der Waals surface area contributed by atoms with Crippen LogP contribution in [0.2, 0.25) is 0 Å². The summed E-state index contributed by atoms with van der Waals surface area (Å²) in [6, 6.07) is 21.9. The SMILES string of the molecule is CO[C@@H](C(=O)N1CCN(Cc2cccc(-c3noc(-c4cccc(C(F)(F)F)c4)n3)c2)CC1)c1ccccc1. The number of hydrogen-bond donors (Lipinski definition) is 0. The molecule has 1 atom stereocenters. The molecule has 0 unspecified atom stereocenters. The molecule has 2 heterocycles. The molecule has 1 aromatic heterocycles. The highest BCUT2D eigenvalue weighted by Gasteiger charge is 2.31. The number of alkyl halides is 3. The summed E-state index contributed by atoms with van der Waals surface area (Å²) in [6.45, 7) is 3.28. The van der Waals surface area contributed by atoms with Crippen molar-refractivity contribution in [3.63, 3.8) is 0 Å². The summed E-state index contributed by atoms with van der Waals surface area (Å²) >= 11 is 0. The number of carbonyl (C=O) groups is 1. The lowest BCUT2D eigenvalue weighted by Crippen LogP contribution is -2.49. The number of ether oxygens (including phenoxy) is 1. The van der Waals surface area contributed by atoms with E-state index in [9.17, 15) is 18.0 Å². The highest BCUT2D eigenvalue weighted by molar-refractivity contribution is 5.82. The Labute approximate surface area is 223 Å². The summed E-state index contributed by atoms with van der Waals surface area (Å²) in [5.74, 6) is 0.275. The average Bonchev–Trinajstić information content (AvgIpc) is 3.45. The molecule has 1 fully saturated rings. The Bertz CT molecular complexity index is 1420. The van der Waals surface area contributed by atoms with E-state index in [0.29, 0.717) is 44.1 Å². The molecule has 39 heavy (non-hydrogen) atoms. The molecular formula is C29H27F3N4O3. The van der Waals surface area contributed by atoms with E-state index in [1.54, 1.807) is 7.11 Å². The maximum Gasteiger partial charge on any atom is 0.416 e. The van der Waals surface area contributed by atoms with Crippen molar-refractivity contribution < 1.29 is 27.2 Å². The van der Waals surface area contributed by atoms with Gasteiger partial charge in [-0.25, -0.2) is 0 Å². The fraction of sp³-hybridized carbons (Fsp3) is 0.276. The molecule has 202 valence electrons. The minimum atomic E-state index is -4.46. The lowest BCUT2D eigenvalue weighted by molar-refractivity contribution is -0.144. The predicted octanol–water partition coefficient (Wildman–Crippen LogP) is 5.45. The third kappa shape index (κ3) is 6.18. The minimum Gasteiger partial charge on any atom is -0.367 e. The summed E-state index contributed by atoms with van der Waals surface area (Å²) < 4.78 is 50.0. The van der Waals surface area contributed by atoms with Crippen molar-refractivity contribution in [1.82, 2.24) is 19.9 Å². The molecule has 1 saturated heterocycles. The third-order valence-electron chi connectivity index (χ3n) is 6.70. The van der Waals surface area contributed by atoms with Crippen LogP contribution in [0.3, 0.4) is 0 Å². The van der Waals surface area contributed by atoms with Crippen molar-refractivity contribution in [2.75, 3.05) is 33.3 Å². The molecular weight excluding hydrogens is 509 g/mol. The van der Waals surface area contributed by atoms with Gasteiger partial charge in [0, 0.05) is 51.0 Å². The van der Waals surface area contributed by atoms with Gasteiger partial charge >= 0.3 is 6.18 Å². The van der Waals surface area contributed by atoms with Gasteiger partial charge in [-0.1, -0.05) is 59.8 Å². The summed E-state index contributed by atoms with van der Waals surface area (Å²) in [4.78, 5) is 21.5. The van der Waals surface area contributed by atoms with E-state index in [-0.39, 0.29) is 17.4 Å². The van der Waals surface area contributed by atoms with Crippen molar-refractivity contribution in [3.05, 3.63) is 95.6 Å². The summed E-state index contributed by atoms with van der Waals surface area (Å²) in [6.07, 6.45) is -5.08. The molecule has 10 heteroatoms. The quantitative estimate of drug-likeness (QED) is 0.313. The number of nitrogens with zero attached hydrogens (tertiary/aromatic N) is 4. The van der Waals surface area contributed by atoms with Gasteiger partial charge in [0.05, 0.1) is 5.56 Å². The second-order valence-electron chi connectivity index (χ2n) is 9.33. The summed E-state index contributed by atoms with van der Waals surface area (Å²) in [7, 11) is 1.55. The van der Waals surface area contributed by atoms with Gasteiger partial charge in [0.25, 0.3) is 11.8 Å². The fourth-order valence-electron chi connectivity index (χ4n) is 4.65. The topological polar surface area (TPSA) is 71.7 Å². The van der Waals surface area contributed by atoms with Crippen LogP contribution in [0.15, 0.2) is 83.4 Å². The van der Waals surface area contributed by atoms with Crippen LogP contribution in [0.25, 0.3) is 22.8 Å². The van der Waals surface area contributed by atoms with Crippen molar-refractivity contribution in [1.29, 1.82) is 0 Å². The Balaban J connectivity index is 1.21. The lowest BCUT2D eigenvalue weighted by atomic mass is 10.1. The molecule has 0 N–H and O–H groups in total. The Hall–Kier alpha value is -4.02. The second kappa shape index (κ2) is 11.4. The van der Waals surface area contributed by atoms with Crippen LogP contribution in [-0.4, -0.2) is 59.1 Å². The zero-order chi connectivity index (χ0) is 27.4. The number of carbonyl (C=O) groups excluding carboxylic acids is 1. The number of piperazine rings is 1. The highest BCUT2D eigenvalue weighted by Crippen LogP contribution is 2.32. The van der Waals surface area contributed by atoms with Crippen molar-refractivity contribution in [3.8, 4) is 22.8 Å². The minimum absolute atomic E-state index is 0.0205.